The Morgan fingerprint density at radius 3 is 2.58 bits per heavy atom. The minimum atomic E-state index is 0.281. The Bertz CT molecular complexity index is 512. The zero-order valence-electron chi connectivity index (χ0n) is 11.5. The van der Waals surface area contributed by atoms with Gasteiger partial charge in [0.05, 0.1) is 6.20 Å². The third kappa shape index (κ3) is 3.40. The summed E-state index contributed by atoms with van der Waals surface area (Å²) < 4.78 is 0. The van der Waals surface area contributed by atoms with Gasteiger partial charge in [-0.2, -0.15) is 10.1 Å². The molecule has 2 aromatic rings. The van der Waals surface area contributed by atoms with Gasteiger partial charge in [-0.1, -0.05) is 18.2 Å². The second-order valence-electron chi connectivity index (χ2n) is 4.52. The molecule has 0 radical (unpaired) electrons. The average Bonchev–Trinajstić information content (AvgIpc) is 2.40. The van der Waals surface area contributed by atoms with Crippen LogP contribution in [-0.4, -0.2) is 27.8 Å². The molecule has 0 bridgehead atoms. The lowest BCUT2D eigenvalue weighted by molar-refractivity contribution is 0.842. The highest BCUT2D eigenvalue weighted by Gasteiger charge is 2.10. The van der Waals surface area contributed by atoms with Crippen molar-refractivity contribution in [3.8, 4) is 0 Å². The summed E-state index contributed by atoms with van der Waals surface area (Å²) in [5, 5.41) is 11.2. The van der Waals surface area contributed by atoms with Crippen LogP contribution in [0.2, 0.25) is 0 Å². The van der Waals surface area contributed by atoms with Crippen LogP contribution in [0.5, 0.6) is 0 Å². The van der Waals surface area contributed by atoms with E-state index in [-0.39, 0.29) is 6.04 Å². The Hall–Kier alpha value is -2.17. The van der Waals surface area contributed by atoms with Gasteiger partial charge in [0, 0.05) is 18.3 Å². The van der Waals surface area contributed by atoms with Crippen molar-refractivity contribution in [2.45, 2.75) is 26.8 Å². The van der Waals surface area contributed by atoms with E-state index in [1.54, 1.807) is 6.20 Å². The maximum absolute atomic E-state index is 4.50. The van der Waals surface area contributed by atoms with E-state index in [2.05, 4.69) is 44.5 Å². The van der Waals surface area contributed by atoms with Gasteiger partial charge in [0.25, 0.3) is 0 Å². The van der Waals surface area contributed by atoms with Crippen LogP contribution in [0.15, 0.2) is 36.5 Å². The summed E-state index contributed by atoms with van der Waals surface area (Å²) >= 11 is 0. The van der Waals surface area contributed by atoms with E-state index in [4.69, 9.17) is 0 Å². The third-order valence-electron chi connectivity index (χ3n) is 2.62. The topological polar surface area (TPSA) is 53.9 Å². The first-order valence-corrected chi connectivity index (χ1v) is 6.49. The highest BCUT2D eigenvalue weighted by Crippen LogP contribution is 2.22. The van der Waals surface area contributed by atoms with Gasteiger partial charge in [-0.25, -0.2) is 0 Å². The van der Waals surface area contributed by atoms with Gasteiger partial charge in [0.15, 0.2) is 5.82 Å². The Morgan fingerprint density at radius 2 is 1.95 bits per heavy atom. The Balaban J connectivity index is 2.28. The Labute approximate surface area is 113 Å². The first-order valence-electron chi connectivity index (χ1n) is 6.49. The largest absolute Gasteiger partial charge is 0.351 e. The molecule has 0 saturated heterocycles. The molecule has 2 rings (SSSR count). The molecule has 0 fully saturated rings. The van der Waals surface area contributed by atoms with Crippen LogP contribution in [0.25, 0.3) is 0 Å². The summed E-state index contributed by atoms with van der Waals surface area (Å²) in [6.45, 7) is 7.00. The van der Waals surface area contributed by atoms with E-state index in [0.717, 1.165) is 18.1 Å². The second kappa shape index (κ2) is 6.13. The molecule has 5 heteroatoms. The minimum absolute atomic E-state index is 0.281. The smallest absolute Gasteiger partial charge is 0.244 e. The maximum Gasteiger partial charge on any atom is 0.244 e. The average molecular weight is 257 g/mol. The number of para-hydroxylation sites is 1. The van der Waals surface area contributed by atoms with Crippen molar-refractivity contribution in [1.29, 1.82) is 0 Å². The molecular weight excluding hydrogens is 238 g/mol. The highest BCUT2D eigenvalue weighted by molar-refractivity contribution is 5.59. The normalized spacial score (nSPS) is 10.5. The number of hydrogen-bond acceptors (Lipinski definition) is 5. The summed E-state index contributed by atoms with van der Waals surface area (Å²) in [7, 11) is 0. The quantitative estimate of drug-likeness (QED) is 0.892. The third-order valence-corrected chi connectivity index (χ3v) is 2.62. The monoisotopic (exact) mass is 257 g/mol. The molecule has 1 N–H and O–H groups in total. The maximum atomic E-state index is 4.50. The van der Waals surface area contributed by atoms with E-state index in [9.17, 15) is 0 Å². The lowest BCUT2D eigenvalue weighted by Gasteiger charge is -2.22. The molecule has 5 nitrogen and oxygen atoms in total. The fourth-order valence-electron chi connectivity index (χ4n) is 1.83. The molecule has 0 aliphatic heterocycles. The molecule has 0 amide bonds. The SMILES string of the molecule is CCN(c1ccccc1)c1cnnc(NC(C)C)n1. The zero-order chi connectivity index (χ0) is 13.7. The van der Waals surface area contributed by atoms with Gasteiger partial charge >= 0.3 is 0 Å². The van der Waals surface area contributed by atoms with Gasteiger partial charge in [-0.3, -0.25) is 0 Å². The van der Waals surface area contributed by atoms with Crippen molar-refractivity contribution in [3.05, 3.63) is 36.5 Å². The molecule has 1 heterocycles. The predicted octanol–water partition coefficient (Wildman–Crippen LogP) is 2.85. The van der Waals surface area contributed by atoms with Crippen LogP contribution in [0, 0.1) is 0 Å². The number of aromatic nitrogens is 3. The molecule has 0 aliphatic rings. The van der Waals surface area contributed by atoms with Crippen LogP contribution in [0.1, 0.15) is 20.8 Å². The van der Waals surface area contributed by atoms with Crippen molar-refractivity contribution in [2.75, 3.05) is 16.8 Å². The fourth-order valence-corrected chi connectivity index (χ4v) is 1.83. The molecule has 0 spiro atoms. The van der Waals surface area contributed by atoms with Gasteiger partial charge in [-0.05, 0) is 32.9 Å². The number of benzene rings is 1. The van der Waals surface area contributed by atoms with Gasteiger partial charge in [0.2, 0.25) is 5.95 Å². The molecule has 1 aromatic heterocycles. The van der Waals surface area contributed by atoms with Crippen LogP contribution >= 0.6 is 0 Å². The molecule has 0 aliphatic carbocycles. The summed E-state index contributed by atoms with van der Waals surface area (Å²) in [6, 6.07) is 10.4. The van der Waals surface area contributed by atoms with Crippen LogP contribution in [0.4, 0.5) is 17.5 Å². The molecule has 100 valence electrons. The molecule has 1 aromatic carbocycles. The van der Waals surface area contributed by atoms with Crippen molar-refractivity contribution in [2.24, 2.45) is 0 Å². The second-order valence-corrected chi connectivity index (χ2v) is 4.52. The van der Waals surface area contributed by atoms with E-state index in [1.807, 2.05) is 32.0 Å². The minimum Gasteiger partial charge on any atom is -0.351 e. The first-order chi connectivity index (χ1) is 9.20. The van der Waals surface area contributed by atoms with Crippen molar-refractivity contribution >= 4 is 17.5 Å². The summed E-state index contributed by atoms with van der Waals surface area (Å²) in [4.78, 5) is 6.60. The zero-order valence-corrected chi connectivity index (χ0v) is 11.5. The number of hydrogen-bond donors (Lipinski definition) is 1. The molecule has 19 heavy (non-hydrogen) atoms. The molecular formula is C14H19N5. The number of nitrogens with zero attached hydrogens (tertiary/aromatic N) is 4. The molecule has 0 saturated carbocycles. The lowest BCUT2D eigenvalue weighted by Crippen LogP contribution is -2.20. The van der Waals surface area contributed by atoms with Crippen LogP contribution in [0.3, 0.4) is 0 Å². The Kier molecular flexibility index (Phi) is 4.28. The fraction of sp³-hybridized carbons (Fsp3) is 0.357. The van der Waals surface area contributed by atoms with Gasteiger partial charge < -0.3 is 10.2 Å². The van der Waals surface area contributed by atoms with E-state index < -0.39 is 0 Å². The number of anilines is 3. The van der Waals surface area contributed by atoms with Crippen molar-refractivity contribution < 1.29 is 0 Å². The Morgan fingerprint density at radius 1 is 1.21 bits per heavy atom. The van der Waals surface area contributed by atoms with Gasteiger partial charge in [-0.15, -0.1) is 5.10 Å². The molecule has 0 atom stereocenters. The number of nitrogens with one attached hydrogen (secondary N) is 1. The van der Waals surface area contributed by atoms with E-state index in [0.29, 0.717) is 5.95 Å². The van der Waals surface area contributed by atoms with Gasteiger partial charge in [0.1, 0.15) is 0 Å². The summed E-state index contributed by atoms with van der Waals surface area (Å²) in [5.41, 5.74) is 1.10. The summed E-state index contributed by atoms with van der Waals surface area (Å²) in [6.07, 6.45) is 1.68. The molecule has 0 unspecified atom stereocenters. The van der Waals surface area contributed by atoms with E-state index in [1.165, 1.54) is 0 Å². The number of rotatable bonds is 5. The standard InChI is InChI=1S/C14H19N5/c1-4-19(12-8-6-5-7-9-12)13-10-15-18-14(17-13)16-11(2)3/h5-11H,4H2,1-3H3,(H,16,17,18). The van der Waals surface area contributed by atoms with Crippen LogP contribution < -0.4 is 10.2 Å². The van der Waals surface area contributed by atoms with Crippen molar-refractivity contribution in [1.82, 2.24) is 15.2 Å². The predicted molar refractivity (Wildman–Crippen MR) is 77.7 cm³/mol. The van der Waals surface area contributed by atoms with E-state index >= 15 is 0 Å². The highest BCUT2D eigenvalue weighted by atomic mass is 15.3. The lowest BCUT2D eigenvalue weighted by atomic mass is 10.3. The van der Waals surface area contributed by atoms with Crippen LogP contribution in [-0.2, 0) is 0 Å². The summed E-state index contributed by atoms with van der Waals surface area (Å²) in [5.74, 6) is 1.36. The van der Waals surface area contributed by atoms with Crippen molar-refractivity contribution in [3.63, 3.8) is 0 Å². The first kappa shape index (κ1) is 13.3.